The van der Waals surface area contributed by atoms with Gasteiger partial charge in [-0.3, -0.25) is 9.69 Å². The normalized spacial score (nSPS) is 22.9. The first-order valence-electron chi connectivity index (χ1n) is 6.58. The van der Waals surface area contributed by atoms with Gasteiger partial charge in [0, 0.05) is 13.1 Å². The van der Waals surface area contributed by atoms with Gasteiger partial charge < -0.3 is 4.74 Å². The molecule has 2 rings (SSSR count). The minimum Gasteiger partial charge on any atom is -0.465 e. The number of hydrogen-bond acceptors (Lipinski definition) is 4. The van der Waals surface area contributed by atoms with Crippen LogP contribution >= 0.6 is 0 Å². The molecule has 19 heavy (non-hydrogen) atoms. The van der Waals surface area contributed by atoms with Crippen LogP contribution in [-0.2, 0) is 16.1 Å². The minimum atomic E-state index is -0.287. The second-order valence-electron chi connectivity index (χ2n) is 4.74. The fraction of sp³-hybridized carbons (Fsp3) is 0.467. The largest absolute Gasteiger partial charge is 0.465 e. The van der Waals surface area contributed by atoms with E-state index in [1.165, 1.54) is 0 Å². The molecule has 1 heterocycles. The van der Waals surface area contributed by atoms with Crippen molar-refractivity contribution < 1.29 is 9.53 Å². The molecule has 1 aromatic rings. The second-order valence-corrected chi connectivity index (χ2v) is 4.74. The molecule has 0 saturated carbocycles. The Morgan fingerprint density at radius 2 is 2.21 bits per heavy atom. The van der Waals surface area contributed by atoms with Crippen LogP contribution in [0.15, 0.2) is 30.3 Å². The number of likely N-dealkylation sites (tertiary alicyclic amines) is 1. The van der Waals surface area contributed by atoms with Crippen LogP contribution in [-0.4, -0.2) is 30.1 Å². The number of hydrogen-bond donors (Lipinski definition) is 0. The molecule has 2 atom stereocenters. The maximum absolute atomic E-state index is 11.9. The number of nitrogens with zero attached hydrogens (tertiary/aromatic N) is 2. The summed E-state index contributed by atoms with van der Waals surface area (Å²) in [5, 5.41) is 9.05. The molecule has 0 amide bonds. The van der Waals surface area contributed by atoms with Crippen molar-refractivity contribution in [1.82, 2.24) is 4.90 Å². The van der Waals surface area contributed by atoms with Crippen LogP contribution in [0.25, 0.3) is 0 Å². The summed E-state index contributed by atoms with van der Waals surface area (Å²) in [4.78, 5) is 14.0. The Morgan fingerprint density at radius 3 is 2.84 bits per heavy atom. The van der Waals surface area contributed by atoms with Crippen molar-refractivity contribution in [2.24, 2.45) is 5.92 Å². The molecular formula is C15H18N2O2. The topological polar surface area (TPSA) is 53.3 Å². The Morgan fingerprint density at radius 1 is 1.47 bits per heavy atom. The summed E-state index contributed by atoms with van der Waals surface area (Å²) in [5.41, 5.74) is 1.15. The van der Waals surface area contributed by atoms with Gasteiger partial charge in [0.05, 0.1) is 18.6 Å². The fourth-order valence-electron chi connectivity index (χ4n) is 2.47. The van der Waals surface area contributed by atoms with Gasteiger partial charge in [-0.25, -0.2) is 0 Å². The zero-order chi connectivity index (χ0) is 13.7. The first-order valence-corrected chi connectivity index (χ1v) is 6.58. The van der Waals surface area contributed by atoms with E-state index in [0.29, 0.717) is 26.1 Å². The Bertz CT molecular complexity index is 467. The van der Waals surface area contributed by atoms with Crippen molar-refractivity contribution in [3.8, 4) is 6.07 Å². The highest BCUT2D eigenvalue weighted by atomic mass is 16.5. The molecule has 1 aromatic carbocycles. The van der Waals surface area contributed by atoms with Crippen molar-refractivity contribution in [2.75, 3.05) is 13.2 Å². The molecule has 100 valence electrons. The molecule has 0 N–H and O–H groups in total. The van der Waals surface area contributed by atoms with Crippen molar-refractivity contribution >= 4 is 5.97 Å². The Balaban J connectivity index is 2.08. The molecular weight excluding hydrogens is 240 g/mol. The lowest BCUT2D eigenvalue weighted by Gasteiger charge is -2.22. The molecule has 1 aliphatic heterocycles. The van der Waals surface area contributed by atoms with Crippen LogP contribution in [0.5, 0.6) is 0 Å². The van der Waals surface area contributed by atoms with Gasteiger partial charge in [0.15, 0.2) is 0 Å². The summed E-state index contributed by atoms with van der Waals surface area (Å²) in [7, 11) is 0. The lowest BCUT2D eigenvalue weighted by atomic mass is 10.1. The molecule has 0 spiro atoms. The molecule has 4 heteroatoms. The number of carbonyl (C=O) groups excluding carboxylic acids is 1. The summed E-state index contributed by atoms with van der Waals surface area (Å²) >= 11 is 0. The number of rotatable bonds is 4. The predicted octanol–water partition coefficient (Wildman–Crippen LogP) is 1.96. The van der Waals surface area contributed by atoms with Gasteiger partial charge in [-0.05, 0) is 18.9 Å². The maximum atomic E-state index is 11.9. The highest BCUT2D eigenvalue weighted by molar-refractivity contribution is 5.76. The Kier molecular flexibility index (Phi) is 4.53. The Labute approximate surface area is 113 Å². The Hall–Kier alpha value is -1.86. The quantitative estimate of drug-likeness (QED) is 0.775. The molecule has 4 nitrogen and oxygen atoms in total. The van der Waals surface area contributed by atoms with Crippen molar-refractivity contribution in [1.29, 1.82) is 5.26 Å². The van der Waals surface area contributed by atoms with Gasteiger partial charge in [-0.1, -0.05) is 30.3 Å². The van der Waals surface area contributed by atoms with E-state index in [-0.39, 0.29) is 17.9 Å². The van der Waals surface area contributed by atoms with Crippen molar-refractivity contribution in [3.05, 3.63) is 35.9 Å². The molecule has 1 saturated heterocycles. The first kappa shape index (κ1) is 13.6. The van der Waals surface area contributed by atoms with Gasteiger partial charge in [0.1, 0.15) is 6.04 Å². The average molecular weight is 258 g/mol. The van der Waals surface area contributed by atoms with Gasteiger partial charge in [0.25, 0.3) is 0 Å². The zero-order valence-corrected chi connectivity index (χ0v) is 11.1. The summed E-state index contributed by atoms with van der Waals surface area (Å²) in [6.07, 6.45) is 0.572. The molecule has 0 bridgehead atoms. The van der Waals surface area contributed by atoms with Gasteiger partial charge in [-0.2, -0.15) is 5.26 Å². The standard InChI is InChI=1S/C15H18N2O2/c1-2-19-15(18)14-8-13(9-16)11-17(14)10-12-6-4-3-5-7-12/h3-7,13-14H,2,8,10-11H2,1H3/t13-,14+/m1/s1. The molecule has 0 aromatic heterocycles. The summed E-state index contributed by atoms with van der Waals surface area (Å²) in [6, 6.07) is 12.0. The van der Waals surface area contributed by atoms with Crippen LogP contribution in [0, 0.1) is 17.2 Å². The number of carbonyl (C=O) groups is 1. The first-order chi connectivity index (χ1) is 9.24. The predicted molar refractivity (Wildman–Crippen MR) is 71.0 cm³/mol. The number of ether oxygens (including phenoxy) is 1. The SMILES string of the molecule is CCOC(=O)[C@@H]1C[C@H](C#N)CN1Cc1ccccc1. The van der Waals surface area contributed by atoms with E-state index in [1.807, 2.05) is 35.2 Å². The molecule has 0 aliphatic carbocycles. The van der Waals surface area contributed by atoms with E-state index in [9.17, 15) is 4.79 Å². The lowest BCUT2D eigenvalue weighted by molar-refractivity contribution is -0.148. The van der Waals surface area contributed by atoms with Gasteiger partial charge in [-0.15, -0.1) is 0 Å². The third kappa shape index (κ3) is 3.33. The number of esters is 1. The van der Waals surface area contributed by atoms with Crippen LogP contribution < -0.4 is 0 Å². The van der Waals surface area contributed by atoms with Gasteiger partial charge in [0.2, 0.25) is 0 Å². The van der Waals surface area contributed by atoms with E-state index in [0.717, 1.165) is 5.56 Å². The lowest BCUT2D eigenvalue weighted by Crippen LogP contribution is -2.36. The summed E-state index contributed by atoms with van der Waals surface area (Å²) in [6.45, 7) is 3.50. The molecule has 1 aliphatic rings. The van der Waals surface area contributed by atoms with Gasteiger partial charge >= 0.3 is 5.97 Å². The smallest absolute Gasteiger partial charge is 0.323 e. The molecule has 1 fully saturated rings. The summed E-state index contributed by atoms with van der Waals surface area (Å²) < 4.78 is 5.10. The van der Waals surface area contributed by atoms with Crippen molar-refractivity contribution in [2.45, 2.75) is 25.9 Å². The molecule has 0 unspecified atom stereocenters. The third-order valence-electron chi connectivity index (χ3n) is 3.37. The van der Waals surface area contributed by atoms with Crippen LogP contribution in [0.4, 0.5) is 0 Å². The van der Waals surface area contributed by atoms with E-state index in [2.05, 4.69) is 6.07 Å². The number of nitriles is 1. The summed E-state index contributed by atoms with van der Waals surface area (Å²) in [5.74, 6) is -0.297. The third-order valence-corrected chi connectivity index (χ3v) is 3.37. The van der Waals surface area contributed by atoms with E-state index in [4.69, 9.17) is 10.00 Å². The maximum Gasteiger partial charge on any atom is 0.323 e. The van der Waals surface area contributed by atoms with Crippen molar-refractivity contribution in [3.63, 3.8) is 0 Å². The van der Waals surface area contributed by atoms with E-state index < -0.39 is 0 Å². The highest BCUT2D eigenvalue weighted by Gasteiger charge is 2.37. The van der Waals surface area contributed by atoms with Crippen LogP contribution in [0.3, 0.4) is 0 Å². The van der Waals surface area contributed by atoms with Crippen LogP contribution in [0.1, 0.15) is 18.9 Å². The number of benzene rings is 1. The fourth-order valence-corrected chi connectivity index (χ4v) is 2.47. The second kappa shape index (κ2) is 6.35. The monoisotopic (exact) mass is 258 g/mol. The van der Waals surface area contributed by atoms with Crippen LogP contribution in [0.2, 0.25) is 0 Å². The van der Waals surface area contributed by atoms with E-state index in [1.54, 1.807) is 6.92 Å². The van der Waals surface area contributed by atoms with E-state index >= 15 is 0 Å². The highest BCUT2D eigenvalue weighted by Crippen LogP contribution is 2.25. The minimum absolute atomic E-state index is 0.0851. The zero-order valence-electron chi connectivity index (χ0n) is 11.1. The molecule has 0 radical (unpaired) electrons. The average Bonchev–Trinajstić information content (AvgIpc) is 2.83.